The van der Waals surface area contributed by atoms with Crippen molar-refractivity contribution in [3.63, 3.8) is 0 Å². The lowest BCUT2D eigenvalue weighted by Crippen LogP contribution is -2.43. The Balaban J connectivity index is 1.63. The molecule has 2 atom stereocenters. The summed E-state index contributed by atoms with van der Waals surface area (Å²) in [7, 11) is -3.20. The molecule has 30 heavy (non-hydrogen) atoms. The minimum atomic E-state index is -3.20. The number of halogens is 1. The molecule has 0 bridgehead atoms. The van der Waals surface area contributed by atoms with Gasteiger partial charge in [-0.25, -0.2) is 12.8 Å². The lowest BCUT2D eigenvalue weighted by atomic mass is 9.89. The first-order chi connectivity index (χ1) is 14.1. The second-order valence-corrected chi connectivity index (χ2v) is 10.8. The fraction of sp³-hybridized carbons (Fsp3) is 0.500. The molecule has 2 aliphatic rings. The molecule has 2 aromatic rings. The molecule has 0 saturated carbocycles. The van der Waals surface area contributed by atoms with Crippen molar-refractivity contribution in [2.45, 2.75) is 58.5 Å². The fourth-order valence-electron chi connectivity index (χ4n) is 5.09. The highest BCUT2D eigenvalue weighted by molar-refractivity contribution is 7.88. The molecule has 0 aromatic heterocycles. The van der Waals surface area contributed by atoms with Gasteiger partial charge in [0.15, 0.2) is 0 Å². The van der Waals surface area contributed by atoms with Gasteiger partial charge in [0.2, 0.25) is 10.0 Å². The van der Waals surface area contributed by atoms with Crippen LogP contribution in [0, 0.1) is 19.7 Å². The SMILES string of the molecule is Cc1cc(O[C@H]2CCCN(S(C)(=O)=O)C2)cc(C)c1-c1ccc(F)c2c1CC[C@H]2C. The number of sulfonamides is 1. The number of hydrogen-bond acceptors (Lipinski definition) is 3. The van der Waals surface area contributed by atoms with Crippen molar-refractivity contribution in [2.24, 2.45) is 0 Å². The summed E-state index contributed by atoms with van der Waals surface area (Å²) in [5.74, 6) is 0.926. The smallest absolute Gasteiger partial charge is 0.211 e. The molecule has 0 N–H and O–H groups in total. The van der Waals surface area contributed by atoms with E-state index in [9.17, 15) is 12.8 Å². The Kier molecular flexibility index (Phi) is 5.66. The molecule has 0 radical (unpaired) electrons. The van der Waals surface area contributed by atoms with Crippen molar-refractivity contribution >= 4 is 10.0 Å². The van der Waals surface area contributed by atoms with E-state index < -0.39 is 10.0 Å². The Morgan fingerprint density at radius 2 is 1.83 bits per heavy atom. The van der Waals surface area contributed by atoms with Crippen LogP contribution in [0.25, 0.3) is 11.1 Å². The summed E-state index contributed by atoms with van der Waals surface area (Å²) in [4.78, 5) is 0. The van der Waals surface area contributed by atoms with E-state index in [4.69, 9.17) is 4.74 Å². The molecule has 4 rings (SSSR count). The Bertz CT molecular complexity index is 1060. The fourth-order valence-corrected chi connectivity index (χ4v) is 5.99. The topological polar surface area (TPSA) is 46.6 Å². The van der Waals surface area contributed by atoms with Gasteiger partial charge in [-0.3, -0.25) is 0 Å². The average Bonchev–Trinajstić information content (AvgIpc) is 3.05. The normalized spacial score (nSPS) is 22.2. The largest absolute Gasteiger partial charge is 0.489 e. The summed E-state index contributed by atoms with van der Waals surface area (Å²) in [6, 6.07) is 7.56. The van der Waals surface area contributed by atoms with Gasteiger partial charge in [-0.05, 0) is 97.0 Å². The van der Waals surface area contributed by atoms with Gasteiger partial charge in [-0.2, -0.15) is 4.31 Å². The lowest BCUT2D eigenvalue weighted by Gasteiger charge is -2.31. The number of aryl methyl sites for hydroxylation is 2. The van der Waals surface area contributed by atoms with Crippen LogP contribution in [0.2, 0.25) is 0 Å². The number of ether oxygens (including phenoxy) is 1. The van der Waals surface area contributed by atoms with E-state index in [1.807, 2.05) is 18.2 Å². The van der Waals surface area contributed by atoms with E-state index in [1.165, 1.54) is 10.6 Å². The highest BCUT2D eigenvalue weighted by atomic mass is 32.2. The lowest BCUT2D eigenvalue weighted by molar-refractivity contribution is 0.130. The van der Waals surface area contributed by atoms with Gasteiger partial charge in [-0.1, -0.05) is 13.0 Å². The summed E-state index contributed by atoms with van der Waals surface area (Å²) in [6.45, 7) is 7.17. The van der Waals surface area contributed by atoms with Crippen molar-refractivity contribution in [3.8, 4) is 16.9 Å². The van der Waals surface area contributed by atoms with E-state index in [-0.39, 0.29) is 17.8 Å². The number of benzene rings is 2. The third kappa shape index (κ3) is 4.00. The molecule has 1 aliphatic heterocycles. The molecular weight excluding hydrogens is 401 g/mol. The summed E-state index contributed by atoms with van der Waals surface area (Å²) in [5.41, 5.74) is 6.46. The van der Waals surface area contributed by atoms with Crippen LogP contribution in [-0.2, 0) is 16.4 Å². The highest BCUT2D eigenvalue weighted by Gasteiger charge is 2.28. The number of nitrogens with zero attached hydrogens (tertiary/aromatic N) is 1. The summed E-state index contributed by atoms with van der Waals surface area (Å²) >= 11 is 0. The van der Waals surface area contributed by atoms with Gasteiger partial charge in [0.1, 0.15) is 17.7 Å². The molecule has 0 spiro atoms. The molecule has 6 heteroatoms. The average molecular weight is 432 g/mol. The predicted octanol–water partition coefficient (Wildman–Crippen LogP) is 4.96. The van der Waals surface area contributed by atoms with Crippen molar-refractivity contribution in [2.75, 3.05) is 19.3 Å². The molecule has 2 aromatic carbocycles. The second-order valence-electron chi connectivity index (χ2n) is 8.86. The van der Waals surface area contributed by atoms with Gasteiger partial charge >= 0.3 is 0 Å². The first kappa shape index (κ1) is 21.3. The van der Waals surface area contributed by atoms with Crippen LogP contribution in [-0.4, -0.2) is 38.2 Å². The van der Waals surface area contributed by atoms with Crippen LogP contribution in [0.4, 0.5) is 4.39 Å². The quantitative estimate of drug-likeness (QED) is 0.687. The highest BCUT2D eigenvalue weighted by Crippen LogP contribution is 2.42. The summed E-state index contributed by atoms with van der Waals surface area (Å²) < 4.78 is 45.9. The van der Waals surface area contributed by atoms with Crippen molar-refractivity contribution in [1.29, 1.82) is 0 Å². The van der Waals surface area contributed by atoms with Crippen LogP contribution in [0.5, 0.6) is 5.75 Å². The molecule has 1 fully saturated rings. The Morgan fingerprint density at radius 3 is 2.50 bits per heavy atom. The standard InChI is InChI=1S/C24H30FNO3S/c1-15-7-8-21-20(9-10-22(25)24(15)21)23-16(2)12-19(13-17(23)3)29-18-6-5-11-26(14-18)30(4,27)28/h9-10,12-13,15,18H,5-8,11,14H2,1-4H3/t15-,18+/m1/s1. The minimum Gasteiger partial charge on any atom is -0.489 e. The van der Waals surface area contributed by atoms with E-state index in [0.29, 0.717) is 13.1 Å². The van der Waals surface area contributed by atoms with Crippen LogP contribution in [0.15, 0.2) is 24.3 Å². The third-order valence-corrected chi connectivity index (χ3v) is 7.78. The zero-order chi connectivity index (χ0) is 21.6. The van der Waals surface area contributed by atoms with E-state index >= 15 is 0 Å². The monoisotopic (exact) mass is 431 g/mol. The van der Waals surface area contributed by atoms with Crippen molar-refractivity contribution in [1.82, 2.24) is 4.31 Å². The zero-order valence-electron chi connectivity index (χ0n) is 18.2. The minimum absolute atomic E-state index is 0.0956. The predicted molar refractivity (Wildman–Crippen MR) is 118 cm³/mol. The second kappa shape index (κ2) is 7.97. The number of hydrogen-bond donors (Lipinski definition) is 0. The molecule has 1 heterocycles. The van der Waals surface area contributed by atoms with E-state index in [1.54, 1.807) is 6.07 Å². The number of piperidine rings is 1. The molecule has 0 amide bonds. The summed E-state index contributed by atoms with van der Waals surface area (Å²) in [6.07, 6.45) is 4.64. The first-order valence-electron chi connectivity index (χ1n) is 10.7. The molecule has 0 unspecified atom stereocenters. The van der Waals surface area contributed by atoms with Crippen molar-refractivity contribution < 1.29 is 17.5 Å². The zero-order valence-corrected chi connectivity index (χ0v) is 19.0. The van der Waals surface area contributed by atoms with Gasteiger partial charge in [0.05, 0.1) is 12.8 Å². The van der Waals surface area contributed by atoms with Gasteiger partial charge in [-0.15, -0.1) is 0 Å². The van der Waals surface area contributed by atoms with Gasteiger partial charge in [0.25, 0.3) is 0 Å². The van der Waals surface area contributed by atoms with Crippen LogP contribution in [0.1, 0.15) is 54.4 Å². The third-order valence-electron chi connectivity index (χ3n) is 6.51. The van der Waals surface area contributed by atoms with Gasteiger partial charge in [0, 0.05) is 6.54 Å². The maximum atomic E-state index is 14.4. The molecular formula is C24H30FNO3S. The molecule has 1 aliphatic carbocycles. The van der Waals surface area contributed by atoms with E-state index in [2.05, 4.69) is 20.8 Å². The van der Waals surface area contributed by atoms with E-state index in [0.717, 1.165) is 64.8 Å². The number of rotatable bonds is 4. The molecule has 1 saturated heterocycles. The maximum absolute atomic E-state index is 14.4. The molecule has 162 valence electrons. The summed E-state index contributed by atoms with van der Waals surface area (Å²) in [5, 5.41) is 0. The van der Waals surface area contributed by atoms with Crippen molar-refractivity contribution in [3.05, 3.63) is 52.3 Å². The number of fused-ring (bicyclic) bond motifs is 1. The Labute approximate surface area is 179 Å². The van der Waals surface area contributed by atoms with Crippen LogP contribution < -0.4 is 4.74 Å². The van der Waals surface area contributed by atoms with Gasteiger partial charge < -0.3 is 4.74 Å². The van der Waals surface area contributed by atoms with Crippen LogP contribution in [0.3, 0.4) is 0 Å². The maximum Gasteiger partial charge on any atom is 0.211 e. The Hall–Kier alpha value is -1.92. The Morgan fingerprint density at radius 1 is 1.13 bits per heavy atom. The first-order valence-corrected chi connectivity index (χ1v) is 12.5. The molecule has 4 nitrogen and oxygen atoms in total. The van der Waals surface area contributed by atoms with Crippen LogP contribution >= 0.6 is 0 Å².